The molecule has 0 unspecified atom stereocenters. The van der Waals surface area contributed by atoms with Gasteiger partial charge in [-0.05, 0) is 18.2 Å². The minimum absolute atomic E-state index is 0.0407. The molecule has 140 valence electrons. The molecule has 9 heteroatoms. The van der Waals surface area contributed by atoms with Crippen LogP contribution in [-0.4, -0.2) is 15.6 Å². The van der Waals surface area contributed by atoms with E-state index in [9.17, 15) is 29.4 Å². The smallest absolute Gasteiger partial charge is 0.312 e. The number of halogens is 1. The Balaban J connectivity index is 2.02. The number of hydrogen-bond donors (Lipinski definition) is 0. The van der Waals surface area contributed by atoms with Crippen LogP contribution in [0.5, 0.6) is 11.5 Å². The van der Waals surface area contributed by atoms with E-state index in [4.69, 9.17) is 4.74 Å². The highest BCUT2D eigenvalue weighted by atomic mass is 19.1. The Labute approximate surface area is 157 Å². The minimum Gasteiger partial charge on any atom is -0.443 e. The first-order valence-electron chi connectivity index (χ1n) is 7.87. The summed E-state index contributed by atoms with van der Waals surface area (Å²) >= 11 is 0. The third kappa shape index (κ3) is 3.83. The minimum atomic E-state index is -0.806. The van der Waals surface area contributed by atoms with Gasteiger partial charge in [0, 0.05) is 29.3 Å². The molecule has 0 fully saturated rings. The van der Waals surface area contributed by atoms with Crippen molar-refractivity contribution in [3.63, 3.8) is 0 Å². The molecule has 0 aliphatic heterocycles. The van der Waals surface area contributed by atoms with Gasteiger partial charge in [0.25, 0.3) is 0 Å². The Morgan fingerprint density at radius 3 is 2.11 bits per heavy atom. The van der Waals surface area contributed by atoms with E-state index < -0.39 is 38.6 Å². The maximum atomic E-state index is 13.4. The summed E-state index contributed by atoms with van der Waals surface area (Å²) in [5, 5.41) is 22.5. The lowest BCUT2D eigenvalue weighted by Gasteiger charge is -2.08. The molecular formula is C19H11FN2O6. The second-order valence-corrected chi connectivity index (χ2v) is 5.61. The molecule has 3 rings (SSSR count). The standard InChI is InChI=1S/C19H11FN2O6/c20-14-7-8-15(21(24)25)18(11-14)28-17-9-6-13(10-16(17)22(26)27)19(23)12-4-2-1-3-5-12/h1-11H. The third-order valence-corrected chi connectivity index (χ3v) is 3.79. The van der Waals surface area contributed by atoms with Crippen LogP contribution in [-0.2, 0) is 0 Å². The van der Waals surface area contributed by atoms with Gasteiger partial charge in [0.05, 0.1) is 9.85 Å². The van der Waals surface area contributed by atoms with E-state index in [-0.39, 0.29) is 11.3 Å². The molecule has 0 aromatic heterocycles. The predicted octanol–water partition coefficient (Wildman–Crippen LogP) is 4.67. The van der Waals surface area contributed by atoms with Gasteiger partial charge in [0.15, 0.2) is 5.78 Å². The molecule has 3 aromatic carbocycles. The number of ketones is 1. The molecule has 0 heterocycles. The molecule has 0 aliphatic carbocycles. The molecular weight excluding hydrogens is 371 g/mol. The van der Waals surface area contributed by atoms with Crippen LogP contribution in [0.25, 0.3) is 0 Å². The summed E-state index contributed by atoms with van der Waals surface area (Å²) in [5.74, 6) is -2.09. The van der Waals surface area contributed by atoms with Crippen LogP contribution in [0, 0.1) is 26.0 Å². The fraction of sp³-hybridized carbons (Fsp3) is 0. The molecule has 0 bridgehead atoms. The van der Waals surface area contributed by atoms with Crippen LogP contribution in [0.4, 0.5) is 15.8 Å². The molecule has 28 heavy (non-hydrogen) atoms. The van der Waals surface area contributed by atoms with Gasteiger partial charge in [-0.15, -0.1) is 0 Å². The van der Waals surface area contributed by atoms with E-state index in [1.165, 1.54) is 6.07 Å². The molecule has 0 saturated carbocycles. The highest BCUT2D eigenvalue weighted by Crippen LogP contribution is 2.37. The summed E-state index contributed by atoms with van der Waals surface area (Å²) in [5.41, 5.74) is -0.759. The van der Waals surface area contributed by atoms with Gasteiger partial charge in [-0.1, -0.05) is 30.3 Å². The van der Waals surface area contributed by atoms with E-state index in [2.05, 4.69) is 0 Å². The number of nitrogens with zero attached hydrogens (tertiary/aromatic N) is 2. The summed E-state index contributed by atoms with van der Waals surface area (Å²) in [7, 11) is 0. The van der Waals surface area contributed by atoms with E-state index in [0.29, 0.717) is 5.56 Å². The number of carbonyl (C=O) groups excluding carboxylic acids is 1. The maximum absolute atomic E-state index is 13.4. The van der Waals surface area contributed by atoms with E-state index in [1.807, 2.05) is 0 Å². The molecule has 0 N–H and O–H groups in total. The Morgan fingerprint density at radius 2 is 1.46 bits per heavy atom. The molecule has 8 nitrogen and oxygen atoms in total. The average molecular weight is 382 g/mol. The van der Waals surface area contributed by atoms with Gasteiger partial charge in [0.2, 0.25) is 11.5 Å². The van der Waals surface area contributed by atoms with Crippen molar-refractivity contribution in [1.82, 2.24) is 0 Å². The van der Waals surface area contributed by atoms with Crippen LogP contribution in [0.2, 0.25) is 0 Å². The molecule has 0 saturated heterocycles. The van der Waals surface area contributed by atoms with E-state index in [0.717, 1.165) is 30.3 Å². The van der Waals surface area contributed by atoms with Gasteiger partial charge >= 0.3 is 11.4 Å². The molecule has 0 atom stereocenters. The quantitative estimate of drug-likeness (QED) is 0.348. The van der Waals surface area contributed by atoms with Gasteiger partial charge in [-0.2, -0.15) is 0 Å². The van der Waals surface area contributed by atoms with Crippen molar-refractivity contribution in [3.8, 4) is 11.5 Å². The lowest BCUT2D eigenvalue weighted by molar-refractivity contribution is -0.387. The Hall–Kier alpha value is -4.14. The van der Waals surface area contributed by atoms with Gasteiger partial charge in [-0.3, -0.25) is 25.0 Å². The summed E-state index contributed by atoms with van der Waals surface area (Å²) in [6, 6.07) is 14.1. The number of ether oxygens (including phenoxy) is 1. The van der Waals surface area contributed by atoms with Crippen molar-refractivity contribution < 1.29 is 23.8 Å². The number of carbonyl (C=O) groups is 1. The van der Waals surface area contributed by atoms with Gasteiger partial charge in [-0.25, -0.2) is 4.39 Å². The maximum Gasteiger partial charge on any atom is 0.312 e. The zero-order valence-corrected chi connectivity index (χ0v) is 14.1. The first-order valence-corrected chi connectivity index (χ1v) is 7.87. The molecule has 3 aromatic rings. The largest absolute Gasteiger partial charge is 0.443 e. The number of rotatable bonds is 6. The summed E-state index contributed by atoms with van der Waals surface area (Å²) in [4.78, 5) is 33.4. The number of nitro groups is 2. The summed E-state index contributed by atoms with van der Waals surface area (Å²) < 4.78 is 18.7. The molecule has 0 aliphatic rings. The fourth-order valence-corrected chi connectivity index (χ4v) is 2.48. The van der Waals surface area contributed by atoms with Crippen molar-refractivity contribution in [2.24, 2.45) is 0 Å². The van der Waals surface area contributed by atoms with Crippen molar-refractivity contribution in [2.75, 3.05) is 0 Å². The highest BCUT2D eigenvalue weighted by Gasteiger charge is 2.23. The number of nitro benzene ring substituents is 2. The van der Waals surface area contributed by atoms with Crippen LogP contribution in [0.3, 0.4) is 0 Å². The summed E-state index contributed by atoms with van der Waals surface area (Å²) in [6.07, 6.45) is 0. The SMILES string of the molecule is O=C(c1ccccc1)c1ccc(Oc2cc(F)ccc2[N+](=O)[O-])c([N+](=O)[O-])c1. The Morgan fingerprint density at radius 1 is 0.786 bits per heavy atom. The number of hydrogen-bond acceptors (Lipinski definition) is 6. The van der Waals surface area contributed by atoms with Crippen molar-refractivity contribution in [2.45, 2.75) is 0 Å². The predicted molar refractivity (Wildman–Crippen MR) is 96.1 cm³/mol. The van der Waals surface area contributed by atoms with Crippen LogP contribution in [0.1, 0.15) is 15.9 Å². The van der Waals surface area contributed by atoms with Crippen molar-refractivity contribution in [3.05, 3.63) is 104 Å². The fourth-order valence-electron chi connectivity index (χ4n) is 2.48. The average Bonchev–Trinajstić information content (AvgIpc) is 2.68. The van der Waals surface area contributed by atoms with E-state index in [1.54, 1.807) is 30.3 Å². The van der Waals surface area contributed by atoms with Crippen LogP contribution in [0.15, 0.2) is 66.7 Å². The number of benzene rings is 3. The normalized spacial score (nSPS) is 10.3. The van der Waals surface area contributed by atoms with Crippen LogP contribution < -0.4 is 4.74 Å². The first kappa shape index (κ1) is 18.6. The highest BCUT2D eigenvalue weighted by molar-refractivity contribution is 6.09. The summed E-state index contributed by atoms with van der Waals surface area (Å²) in [6.45, 7) is 0. The van der Waals surface area contributed by atoms with E-state index >= 15 is 0 Å². The second kappa shape index (κ2) is 7.62. The lowest BCUT2D eigenvalue weighted by Crippen LogP contribution is -2.03. The molecule has 0 radical (unpaired) electrons. The lowest BCUT2D eigenvalue weighted by atomic mass is 10.0. The van der Waals surface area contributed by atoms with Crippen LogP contribution >= 0.6 is 0 Å². The Kier molecular flexibility index (Phi) is 5.07. The van der Waals surface area contributed by atoms with Gasteiger partial charge in [0.1, 0.15) is 5.82 Å². The first-order chi connectivity index (χ1) is 13.4. The third-order valence-electron chi connectivity index (χ3n) is 3.79. The molecule has 0 spiro atoms. The topological polar surface area (TPSA) is 113 Å². The van der Waals surface area contributed by atoms with Crippen molar-refractivity contribution in [1.29, 1.82) is 0 Å². The monoisotopic (exact) mass is 382 g/mol. The zero-order valence-electron chi connectivity index (χ0n) is 14.1. The van der Waals surface area contributed by atoms with Gasteiger partial charge < -0.3 is 4.74 Å². The van der Waals surface area contributed by atoms with Crippen molar-refractivity contribution >= 4 is 17.2 Å². The Bertz CT molecular complexity index is 1090. The zero-order chi connectivity index (χ0) is 20.3. The second-order valence-electron chi connectivity index (χ2n) is 5.61. The molecule has 0 amide bonds.